The zero-order valence-corrected chi connectivity index (χ0v) is 16.9. The number of carbonyl (C=O) groups is 1. The quantitative estimate of drug-likeness (QED) is 0.479. The second-order valence-corrected chi connectivity index (χ2v) is 7.44. The van der Waals surface area contributed by atoms with E-state index in [0.29, 0.717) is 23.6 Å². The molecule has 1 amide bonds. The Bertz CT molecular complexity index is 1030. The smallest absolute Gasteiger partial charge is 0.264 e. The number of nitrogens with one attached hydrogen (secondary N) is 1. The summed E-state index contributed by atoms with van der Waals surface area (Å²) in [6.45, 7) is 4.31. The molecule has 0 aromatic carbocycles. The number of hydrogen-bond acceptors (Lipinski definition) is 6. The van der Waals surface area contributed by atoms with Crippen LogP contribution in [0.25, 0.3) is 0 Å². The van der Waals surface area contributed by atoms with Crippen molar-refractivity contribution in [3.63, 3.8) is 0 Å². The lowest BCUT2D eigenvalue weighted by atomic mass is 10.1. The van der Waals surface area contributed by atoms with Crippen molar-refractivity contribution >= 4 is 17.7 Å². The molecular weight excluding hydrogens is 376 g/mol. The first-order valence-electron chi connectivity index (χ1n) is 8.81. The molecule has 146 valence electrons. The molecule has 0 aliphatic rings. The van der Waals surface area contributed by atoms with Crippen LogP contribution in [0.2, 0.25) is 0 Å². The summed E-state index contributed by atoms with van der Waals surface area (Å²) in [7, 11) is 1.92. The van der Waals surface area contributed by atoms with Crippen LogP contribution in [0.15, 0.2) is 47.0 Å². The second-order valence-electron chi connectivity index (χ2n) is 6.38. The fraction of sp³-hybridized carbons (Fsp3) is 0.316. The zero-order valence-electron chi connectivity index (χ0n) is 16.0. The molecule has 0 fully saturated rings. The lowest BCUT2D eigenvalue weighted by molar-refractivity contribution is 0.0953. The van der Waals surface area contributed by atoms with Gasteiger partial charge in [-0.1, -0.05) is 11.8 Å². The number of amides is 1. The highest BCUT2D eigenvalue weighted by atomic mass is 32.2. The van der Waals surface area contributed by atoms with E-state index in [-0.39, 0.29) is 23.6 Å². The van der Waals surface area contributed by atoms with E-state index in [4.69, 9.17) is 0 Å². The van der Waals surface area contributed by atoms with Crippen molar-refractivity contribution < 1.29 is 4.79 Å². The normalized spacial score (nSPS) is 10.8. The largest absolute Gasteiger partial charge is 0.351 e. The Morgan fingerprint density at radius 1 is 1.18 bits per heavy atom. The molecule has 0 radical (unpaired) electrons. The Morgan fingerprint density at radius 2 is 2.00 bits per heavy atom. The molecule has 0 saturated carbocycles. The third-order valence-corrected chi connectivity index (χ3v) is 5.22. The van der Waals surface area contributed by atoms with Gasteiger partial charge in [0.15, 0.2) is 5.16 Å². The SMILES string of the molecule is Cc1cnc(Cn2ccc(C)c(C(=O)NCCSc3nccn3C)c2=O)cn1. The highest BCUT2D eigenvalue weighted by molar-refractivity contribution is 7.99. The molecule has 0 spiro atoms. The second kappa shape index (κ2) is 8.83. The highest BCUT2D eigenvalue weighted by Crippen LogP contribution is 2.13. The number of carbonyl (C=O) groups excluding carboxylic acids is 1. The molecule has 1 N–H and O–H groups in total. The topological polar surface area (TPSA) is 94.7 Å². The summed E-state index contributed by atoms with van der Waals surface area (Å²) in [6, 6.07) is 1.76. The minimum Gasteiger partial charge on any atom is -0.351 e. The Hall–Kier alpha value is -2.94. The van der Waals surface area contributed by atoms with Gasteiger partial charge in [0, 0.05) is 44.1 Å². The Morgan fingerprint density at radius 3 is 2.68 bits per heavy atom. The van der Waals surface area contributed by atoms with Gasteiger partial charge in [0.1, 0.15) is 5.56 Å². The molecule has 0 unspecified atom stereocenters. The highest BCUT2D eigenvalue weighted by Gasteiger charge is 2.16. The van der Waals surface area contributed by atoms with Gasteiger partial charge < -0.3 is 14.5 Å². The van der Waals surface area contributed by atoms with Gasteiger partial charge >= 0.3 is 0 Å². The number of aryl methyl sites for hydroxylation is 3. The molecule has 3 aromatic heterocycles. The summed E-state index contributed by atoms with van der Waals surface area (Å²) in [4.78, 5) is 38.1. The minimum absolute atomic E-state index is 0.157. The predicted octanol–water partition coefficient (Wildman–Crippen LogP) is 1.56. The summed E-state index contributed by atoms with van der Waals surface area (Å²) in [5.74, 6) is 0.294. The maximum Gasteiger partial charge on any atom is 0.264 e. The Kier molecular flexibility index (Phi) is 6.25. The summed E-state index contributed by atoms with van der Waals surface area (Å²) < 4.78 is 3.39. The lowest BCUT2D eigenvalue weighted by Crippen LogP contribution is -2.35. The molecule has 0 saturated heterocycles. The van der Waals surface area contributed by atoms with Crippen LogP contribution in [-0.4, -0.2) is 42.3 Å². The average Bonchev–Trinajstić information content (AvgIpc) is 3.08. The molecule has 0 aliphatic carbocycles. The summed E-state index contributed by atoms with van der Waals surface area (Å²) in [5.41, 5.74) is 1.93. The fourth-order valence-corrected chi connectivity index (χ4v) is 3.41. The van der Waals surface area contributed by atoms with E-state index in [0.717, 1.165) is 10.9 Å². The number of rotatable bonds is 7. The molecule has 28 heavy (non-hydrogen) atoms. The number of thioether (sulfide) groups is 1. The molecule has 9 heteroatoms. The minimum atomic E-state index is -0.368. The first-order chi connectivity index (χ1) is 13.5. The first kappa shape index (κ1) is 19.8. The van der Waals surface area contributed by atoms with Crippen LogP contribution in [0, 0.1) is 13.8 Å². The van der Waals surface area contributed by atoms with Gasteiger partial charge in [0.25, 0.3) is 11.5 Å². The summed E-state index contributed by atoms with van der Waals surface area (Å²) in [6.07, 6.45) is 8.56. The summed E-state index contributed by atoms with van der Waals surface area (Å²) >= 11 is 1.54. The Labute approximate surface area is 167 Å². The van der Waals surface area contributed by atoms with E-state index < -0.39 is 0 Å². The Balaban J connectivity index is 1.66. The molecule has 0 bridgehead atoms. The maximum absolute atomic E-state index is 12.8. The third-order valence-electron chi connectivity index (χ3n) is 4.16. The van der Waals surface area contributed by atoms with Crippen molar-refractivity contribution in [3.8, 4) is 0 Å². The van der Waals surface area contributed by atoms with E-state index in [1.54, 1.807) is 49.5 Å². The van der Waals surface area contributed by atoms with Crippen molar-refractivity contribution in [2.45, 2.75) is 25.5 Å². The van der Waals surface area contributed by atoms with Gasteiger partial charge in [-0.3, -0.25) is 19.6 Å². The van der Waals surface area contributed by atoms with Gasteiger partial charge in [-0.2, -0.15) is 0 Å². The number of nitrogens with zero attached hydrogens (tertiary/aromatic N) is 5. The number of hydrogen-bond donors (Lipinski definition) is 1. The van der Waals surface area contributed by atoms with Crippen LogP contribution in [0.5, 0.6) is 0 Å². The van der Waals surface area contributed by atoms with Crippen molar-refractivity contribution in [1.29, 1.82) is 0 Å². The van der Waals surface area contributed by atoms with Crippen molar-refractivity contribution in [2.75, 3.05) is 12.3 Å². The van der Waals surface area contributed by atoms with Gasteiger partial charge in [-0.05, 0) is 25.5 Å². The maximum atomic E-state index is 12.8. The zero-order chi connectivity index (χ0) is 20.1. The molecule has 8 nitrogen and oxygen atoms in total. The van der Waals surface area contributed by atoms with Crippen molar-refractivity contribution in [1.82, 2.24) is 29.4 Å². The molecule has 3 heterocycles. The van der Waals surface area contributed by atoms with E-state index in [2.05, 4.69) is 20.3 Å². The van der Waals surface area contributed by atoms with E-state index in [1.807, 2.05) is 24.7 Å². The fourth-order valence-electron chi connectivity index (χ4n) is 2.63. The van der Waals surface area contributed by atoms with Crippen LogP contribution in [0.3, 0.4) is 0 Å². The number of imidazole rings is 1. The van der Waals surface area contributed by atoms with E-state index in [9.17, 15) is 9.59 Å². The molecule has 3 aromatic rings. The monoisotopic (exact) mass is 398 g/mol. The number of pyridine rings is 1. The van der Waals surface area contributed by atoms with Gasteiger partial charge in [0.2, 0.25) is 0 Å². The lowest BCUT2D eigenvalue weighted by Gasteiger charge is -2.11. The van der Waals surface area contributed by atoms with Gasteiger partial charge in [-0.25, -0.2) is 4.98 Å². The van der Waals surface area contributed by atoms with Crippen LogP contribution < -0.4 is 10.9 Å². The first-order valence-corrected chi connectivity index (χ1v) is 9.80. The van der Waals surface area contributed by atoms with Crippen molar-refractivity contribution in [2.24, 2.45) is 7.05 Å². The molecule has 0 aliphatic heterocycles. The van der Waals surface area contributed by atoms with Crippen LogP contribution in [-0.2, 0) is 13.6 Å². The van der Waals surface area contributed by atoms with Gasteiger partial charge in [-0.15, -0.1) is 0 Å². The van der Waals surface area contributed by atoms with Crippen LogP contribution in [0.4, 0.5) is 0 Å². The van der Waals surface area contributed by atoms with Gasteiger partial charge in [0.05, 0.1) is 24.1 Å². The van der Waals surface area contributed by atoms with Crippen LogP contribution >= 0.6 is 11.8 Å². The summed E-state index contributed by atoms with van der Waals surface area (Å²) in [5, 5.41) is 3.70. The molecule has 3 rings (SSSR count). The predicted molar refractivity (Wildman–Crippen MR) is 108 cm³/mol. The standard InChI is InChI=1S/C19H22N6O2S/c1-13-4-7-25(12-15-11-22-14(2)10-23-15)18(27)16(13)17(26)20-6-9-28-19-21-5-8-24(19)3/h4-5,7-8,10-11H,6,9,12H2,1-3H3,(H,20,26). The average molecular weight is 398 g/mol. The third kappa shape index (κ3) is 4.66. The molecular formula is C19H22N6O2S. The van der Waals surface area contributed by atoms with E-state index in [1.165, 1.54) is 4.57 Å². The van der Waals surface area contributed by atoms with Crippen LogP contribution in [0.1, 0.15) is 27.3 Å². The van der Waals surface area contributed by atoms with E-state index >= 15 is 0 Å². The molecule has 0 atom stereocenters. The number of aromatic nitrogens is 5. The van der Waals surface area contributed by atoms with Crippen molar-refractivity contribution in [3.05, 3.63) is 69.9 Å².